The van der Waals surface area contributed by atoms with Crippen LogP contribution in [0.3, 0.4) is 0 Å². The Bertz CT molecular complexity index is 866. The van der Waals surface area contributed by atoms with E-state index in [9.17, 15) is 9.59 Å². The van der Waals surface area contributed by atoms with Gasteiger partial charge in [0.2, 0.25) is 0 Å². The lowest BCUT2D eigenvalue weighted by molar-refractivity contribution is -0.146. The van der Waals surface area contributed by atoms with Gasteiger partial charge in [-0.25, -0.2) is 0 Å². The van der Waals surface area contributed by atoms with Gasteiger partial charge in [-0.15, -0.1) is 0 Å². The summed E-state index contributed by atoms with van der Waals surface area (Å²) in [6, 6.07) is 0. The number of nitrogens with zero attached hydrogens (tertiary/aromatic N) is 2. The largest absolute Gasteiger partial charge is 0.465 e. The molecule has 6 nitrogen and oxygen atoms in total. The molecule has 6 heteroatoms. The normalized spacial score (nSPS) is 12.7. The molecule has 59 heavy (non-hydrogen) atoms. The second-order valence-corrected chi connectivity index (χ2v) is 18.9. The van der Waals surface area contributed by atoms with Crippen LogP contribution in [0.1, 0.15) is 265 Å². The molecule has 0 bridgehead atoms. The standard InChI is InChI=1S/C53H106N2O4/c1-7-11-15-19-24-32-40-50(38-30-17-13-9-3)48-58-52(56)42-34-26-21-22-28-36-44-55(47-46-54(5)6)45-37-29-23-27-35-43-53(57)59-49-51(39-31-18-14-10-4)41-33-25-20-16-12-8-2/h50-51H,7-49H2,1-6H3. The zero-order valence-electron chi connectivity index (χ0n) is 41.1. The number of carbonyl (C=O) groups is 2. The maximum atomic E-state index is 12.6. The smallest absolute Gasteiger partial charge is 0.305 e. The van der Waals surface area contributed by atoms with Crippen LogP contribution in [-0.2, 0) is 19.1 Å². The molecule has 0 aliphatic carbocycles. The Hall–Kier alpha value is -1.14. The quantitative estimate of drug-likeness (QED) is 0.0449. The Labute approximate surface area is 370 Å². The van der Waals surface area contributed by atoms with Crippen LogP contribution >= 0.6 is 0 Å². The van der Waals surface area contributed by atoms with Gasteiger partial charge in [0.05, 0.1) is 13.2 Å². The number of unbranched alkanes of at least 4 members (excludes halogenated alkanes) is 25. The van der Waals surface area contributed by atoms with E-state index in [-0.39, 0.29) is 11.9 Å². The van der Waals surface area contributed by atoms with Crippen molar-refractivity contribution >= 4 is 11.9 Å². The Morgan fingerprint density at radius 1 is 0.356 bits per heavy atom. The summed E-state index contributed by atoms with van der Waals surface area (Å²) in [4.78, 5) is 30.1. The summed E-state index contributed by atoms with van der Waals surface area (Å²) in [6.07, 6.45) is 45.3. The second-order valence-electron chi connectivity index (χ2n) is 18.9. The van der Waals surface area contributed by atoms with E-state index in [2.05, 4.69) is 51.6 Å². The number of likely N-dealkylation sites (N-methyl/N-ethyl adjacent to an activating group) is 1. The molecule has 0 aliphatic rings. The average Bonchev–Trinajstić information content (AvgIpc) is 3.23. The van der Waals surface area contributed by atoms with Gasteiger partial charge >= 0.3 is 11.9 Å². The van der Waals surface area contributed by atoms with E-state index < -0.39 is 0 Å². The molecular weight excluding hydrogens is 729 g/mol. The number of ether oxygens (including phenoxy) is 2. The summed E-state index contributed by atoms with van der Waals surface area (Å²) in [5, 5.41) is 0. The highest BCUT2D eigenvalue weighted by molar-refractivity contribution is 5.69. The fourth-order valence-electron chi connectivity index (χ4n) is 8.46. The molecule has 0 saturated carbocycles. The second kappa shape index (κ2) is 46.4. The fraction of sp³-hybridized carbons (Fsp3) is 0.962. The summed E-state index contributed by atoms with van der Waals surface area (Å²) in [5.41, 5.74) is 0. The minimum Gasteiger partial charge on any atom is -0.465 e. The lowest BCUT2D eigenvalue weighted by Crippen LogP contribution is -2.33. The number of rotatable bonds is 48. The van der Waals surface area contributed by atoms with E-state index in [1.165, 1.54) is 212 Å². The molecule has 0 aromatic heterocycles. The van der Waals surface area contributed by atoms with Gasteiger partial charge in [0.1, 0.15) is 0 Å². The number of hydrogen-bond acceptors (Lipinski definition) is 6. The van der Waals surface area contributed by atoms with Crippen molar-refractivity contribution in [2.24, 2.45) is 11.8 Å². The van der Waals surface area contributed by atoms with Crippen LogP contribution in [0.2, 0.25) is 0 Å². The maximum absolute atomic E-state index is 12.6. The van der Waals surface area contributed by atoms with Gasteiger partial charge in [-0.05, 0) is 90.4 Å². The first-order chi connectivity index (χ1) is 28.9. The van der Waals surface area contributed by atoms with Crippen molar-refractivity contribution in [3.8, 4) is 0 Å². The molecule has 0 N–H and O–H groups in total. The fourth-order valence-corrected chi connectivity index (χ4v) is 8.46. The highest BCUT2D eigenvalue weighted by Crippen LogP contribution is 2.22. The molecule has 352 valence electrons. The molecule has 2 atom stereocenters. The SMILES string of the molecule is CCCCCCCCC(CCCCCC)COC(=O)CCCCCCCCN(CCCCCCCC(=O)OCC(CCCCCC)CCCCCCCC)CCN(C)C. The predicted molar refractivity (Wildman–Crippen MR) is 257 cm³/mol. The molecule has 2 unspecified atom stereocenters. The molecule has 0 aromatic carbocycles. The van der Waals surface area contributed by atoms with E-state index in [0.29, 0.717) is 37.9 Å². The zero-order valence-corrected chi connectivity index (χ0v) is 41.1. The van der Waals surface area contributed by atoms with Gasteiger partial charge in [-0.2, -0.15) is 0 Å². The first-order valence-electron chi connectivity index (χ1n) is 26.5. The summed E-state index contributed by atoms with van der Waals surface area (Å²) in [7, 11) is 4.34. The van der Waals surface area contributed by atoms with E-state index in [0.717, 1.165) is 38.8 Å². The third kappa shape index (κ3) is 43.3. The topological polar surface area (TPSA) is 59.1 Å². The summed E-state index contributed by atoms with van der Waals surface area (Å²) < 4.78 is 11.7. The van der Waals surface area contributed by atoms with E-state index >= 15 is 0 Å². The highest BCUT2D eigenvalue weighted by Gasteiger charge is 2.14. The van der Waals surface area contributed by atoms with Gasteiger partial charge in [-0.1, -0.05) is 201 Å². The van der Waals surface area contributed by atoms with Gasteiger partial charge < -0.3 is 19.3 Å². The molecular formula is C53H106N2O4. The van der Waals surface area contributed by atoms with E-state index in [1.54, 1.807) is 0 Å². The third-order valence-electron chi connectivity index (χ3n) is 12.6. The summed E-state index contributed by atoms with van der Waals surface area (Å²) in [6.45, 7) is 15.0. The predicted octanol–water partition coefficient (Wildman–Crippen LogP) is 15.7. The van der Waals surface area contributed by atoms with Crippen LogP contribution in [0.25, 0.3) is 0 Å². The van der Waals surface area contributed by atoms with Crippen molar-refractivity contribution in [3.05, 3.63) is 0 Å². The Balaban J connectivity index is 4.19. The molecule has 0 fully saturated rings. The molecule has 0 saturated heterocycles. The Kier molecular flexibility index (Phi) is 45.5. The van der Waals surface area contributed by atoms with Crippen molar-refractivity contribution < 1.29 is 19.1 Å². The lowest BCUT2D eigenvalue weighted by Gasteiger charge is -2.24. The van der Waals surface area contributed by atoms with E-state index in [4.69, 9.17) is 9.47 Å². The molecule has 0 radical (unpaired) electrons. The average molecular weight is 835 g/mol. The highest BCUT2D eigenvalue weighted by atomic mass is 16.5. The van der Waals surface area contributed by atoms with Crippen LogP contribution < -0.4 is 0 Å². The van der Waals surface area contributed by atoms with Crippen molar-refractivity contribution in [2.45, 2.75) is 265 Å². The van der Waals surface area contributed by atoms with Crippen molar-refractivity contribution in [2.75, 3.05) is 53.5 Å². The Morgan fingerprint density at radius 3 is 0.983 bits per heavy atom. The first kappa shape index (κ1) is 57.9. The van der Waals surface area contributed by atoms with Crippen LogP contribution in [0.4, 0.5) is 0 Å². The summed E-state index contributed by atoms with van der Waals surface area (Å²) >= 11 is 0. The molecule has 0 heterocycles. The van der Waals surface area contributed by atoms with Crippen LogP contribution in [0.15, 0.2) is 0 Å². The van der Waals surface area contributed by atoms with Crippen LogP contribution in [0, 0.1) is 11.8 Å². The number of hydrogen-bond donors (Lipinski definition) is 0. The minimum absolute atomic E-state index is 0.0229. The number of carbonyl (C=O) groups excluding carboxylic acids is 2. The zero-order chi connectivity index (χ0) is 43.3. The van der Waals surface area contributed by atoms with Gasteiger partial charge in [0, 0.05) is 25.9 Å². The number of esters is 2. The first-order valence-corrected chi connectivity index (χ1v) is 26.5. The van der Waals surface area contributed by atoms with E-state index in [1.807, 2.05) is 0 Å². The van der Waals surface area contributed by atoms with Crippen molar-refractivity contribution in [3.63, 3.8) is 0 Å². The Morgan fingerprint density at radius 2 is 0.644 bits per heavy atom. The van der Waals surface area contributed by atoms with Crippen molar-refractivity contribution in [1.82, 2.24) is 9.80 Å². The molecule has 0 amide bonds. The van der Waals surface area contributed by atoms with Crippen LogP contribution in [-0.4, -0.2) is 75.2 Å². The minimum atomic E-state index is 0.0229. The molecule has 0 aliphatic heterocycles. The third-order valence-corrected chi connectivity index (χ3v) is 12.6. The monoisotopic (exact) mass is 835 g/mol. The molecule has 0 aromatic rings. The van der Waals surface area contributed by atoms with Gasteiger partial charge in [-0.3, -0.25) is 9.59 Å². The van der Waals surface area contributed by atoms with Gasteiger partial charge in [0.15, 0.2) is 0 Å². The summed E-state index contributed by atoms with van der Waals surface area (Å²) in [5.74, 6) is 1.15. The molecule has 0 rings (SSSR count). The molecule has 0 spiro atoms. The van der Waals surface area contributed by atoms with Gasteiger partial charge in [0.25, 0.3) is 0 Å². The maximum Gasteiger partial charge on any atom is 0.305 e. The lowest BCUT2D eigenvalue weighted by atomic mass is 9.95. The van der Waals surface area contributed by atoms with Crippen LogP contribution in [0.5, 0.6) is 0 Å². The van der Waals surface area contributed by atoms with Crippen molar-refractivity contribution in [1.29, 1.82) is 0 Å².